The van der Waals surface area contributed by atoms with Crippen LogP contribution in [0.5, 0.6) is 11.5 Å². The summed E-state index contributed by atoms with van der Waals surface area (Å²) in [5.41, 5.74) is 14.0. The molecule has 1 heterocycles. The number of hydrogen-bond acceptors (Lipinski definition) is 16. The number of carbonyl (C=O) groups is 10. The Morgan fingerprint density at radius 2 is 1.19 bits per heavy atom. The summed E-state index contributed by atoms with van der Waals surface area (Å²) in [6.07, 6.45) is -1.43. The molecule has 0 radical (unpaired) electrons. The van der Waals surface area contributed by atoms with Crippen LogP contribution in [0.15, 0.2) is 97.1 Å². The van der Waals surface area contributed by atoms with Gasteiger partial charge in [-0.15, -0.1) is 0 Å². The van der Waals surface area contributed by atoms with Crippen molar-refractivity contribution in [3.05, 3.63) is 124 Å². The lowest BCUT2D eigenvalue weighted by atomic mass is 10.0. The zero-order valence-electron chi connectivity index (χ0n) is 45.6. The van der Waals surface area contributed by atoms with Crippen molar-refractivity contribution >= 4 is 97.9 Å². The number of hydrogen-bond donors (Lipinski definition) is 14. The van der Waals surface area contributed by atoms with E-state index >= 15 is 0 Å². The highest BCUT2D eigenvalue weighted by Crippen LogP contribution is 2.25. The minimum atomic E-state index is -1.76. The maximum atomic E-state index is 14.8. The fourth-order valence-electron chi connectivity index (χ4n) is 8.29. The number of rotatable bonds is 21. The molecule has 4 aromatic rings. The predicted molar refractivity (Wildman–Crippen MR) is 313 cm³/mol. The molecule has 0 unspecified atom stereocenters. The third-order valence-electron chi connectivity index (χ3n) is 12.9. The third kappa shape index (κ3) is 22.8. The molecular formula is C56H70ClN11O13S2. The monoisotopic (exact) mass is 1200 g/mol. The fraction of sp³-hybridized carbons (Fsp3) is 0.393. The van der Waals surface area contributed by atoms with E-state index < -0.39 is 107 Å². The lowest BCUT2D eigenvalue weighted by Crippen LogP contribution is -2.62. The molecule has 1 aliphatic heterocycles. The Kier molecular flexibility index (Phi) is 26.4. The van der Waals surface area contributed by atoms with E-state index in [1.807, 2.05) is 0 Å². The van der Waals surface area contributed by atoms with Crippen molar-refractivity contribution in [1.82, 2.24) is 42.5 Å². The molecule has 1 fully saturated rings. The molecule has 446 valence electrons. The van der Waals surface area contributed by atoms with Gasteiger partial charge in [0.1, 0.15) is 53.8 Å². The summed E-state index contributed by atoms with van der Waals surface area (Å²) in [7, 11) is 1.96. The molecule has 83 heavy (non-hydrogen) atoms. The molecule has 0 aromatic heterocycles. The van der Waals surface area contributed by atoms with E-state index in [1.54, 1.807) is 36.4 Å². The number of anilines is 1. The van der Waals surface area contributed by atoms with Crippen molar-refractivity contribution in [2.45, 2.75) is 114 Å². The maximum absolute atomic E-state index is 14.8. The van der Waals surface area contributed by atoms with Gasteiger partial charge in [0, 0.05) is 54.8 Å². The summed E-state index contributed by atoms with van der Waals surface area (Å²) in [5.74, 6) is -8.63. The summed E-state index contributed by atoms with van der Waals surface area (Å²) < 4.78 is 0. The van der Waals surface area contributed by atoms with Crippen molar-refractivity contribution < 1.29 is 63.3 Å². The molecule has 5 rings (SSSR count). The molecule has 16 N–H and O–H groups in total. The first-order valence-electron chi connectivity index (χ1n) is 26.5. The van der Waals surface area contributed by atoms with Crippen LogP contribution in [-0.2, 0) is 73.6 Å². The van der Waals surface area contributed by atoms with Crippen LogP contribution in [0.4, 0.5) is 5.69 Å². The zero-order valence-corrected chi connectivity index (χ0v) is 48.0. The molecule has 24 nitrogen and oxygen atoms in total. The minimum Gasteiger partial charge on any atom is -0.508 e. The number of unbranched alkanes of at least 4 members (excludes halogenated alkanes) is 1. The molecule has 0 saturated carbocycles. The number of carbonyl (C=O) groups excluding carboxylic acids is 10. The molecule has 10 amide bonds. The Balaban J connectivity index is 1.56. The van der Waals surface area contributed by atoms with Gasteiger partial charge in [-0.05, 0) is 110 Å². The summed E-state index contributed by atoms with van der Waals surface area (Å²) in [6, 6.07) is 14.1. The second-order valence-electron chi connectivity index (χ2n) is 19.6. The third-order valence-corrected chi connectivity index (χ3v) is 15.6. The van der Waals surface area contributed by atoms with E-state index in [4.69, 9.17) is 23.1 Å². The number of aliphatic hydroxyl groups excluding tert-OH is 1. The molecule has 0 aliphatic carbocycles. The first-order chi connectivity index (χ1) is 39.6. The molecule has 4 aromatic carbocycles. The van der Waals surface area contributed by atoms with Crippen LogP contribution in [0.3, 0.4) is 0 Å². The van der Waals surface area contributed by atoms with E-state index in [0.717, 1.165) is 27.2 Å². The highest BCUT2D eigenvalue weighted by atomic mass is 35.5. The van der Waals surface area contributed by atoms with Crippen LogP contribution in [-0.4, -0.2) is 147 Å². The van der Waals surface area contributed by atoms with E-state index in [2.05, 4.69) is 47.9 Å². The van der Waals surface area contributed by atoms with Gasteiger partial charge in [-0.3, -0.25) is 47.9 Å². The van der Waals surface area contributed by atoms with Crippen LogP contribution in [0, 0.1) is 0 Å². The summed E-state index contributed by atoms with van der Waals surface area (Å²) in [5, 5.41) is 55.0. The lowest BCUT2D eigenvalue weighted by molar-refractivity contribution is -0.136. The SMILES string of the molecule is CC(=O)NCC(=O)Nc1ccc(C[C@H]2NC(=O)[C@H](Cc3ccc(O)cc3)NC(=O)[C@H](NC(=O)CCc3ccc(Cl)cc3)CSSC[C@@H](C(=O)N[C@H](Cc3ccc(O)cc3)C(N)=O)NC(=O)[C@H]([C@@H](C)O)NC(=O)[C@H](CCCCN)NC2=O)cc1. The van der Waals surface area contributed by atoms with Gasteiger partial charge in [0.25, 0.3) is 0 Å². The first-order valence-corrected chi connectivity index (χ1v) is 29.4. The van der Waals surface area contributed by atoms with Crippen LogP contribution < -0.4 is 59.3 Å². The number of nitrogens with two attached hydrogens (primary N) is 2. The van der Waals surface area contributed by atoms with E-state index in [0.29, 0.717) is 33.8 Å². The highest BCUT2D eigenvalue weighted by Gasteiger charge is 2.36. The normalized spacial score (nSPS) is 20.1. The van der Waals surface area contributed by atoms with Crippen LogP contribution in [0.25, 0.3) is 0 Å². The smallest absolute Gasteiger partial charge is 0.245 e. The van der Waals surface area contributed by atoms with E-state index in [-0.39, 0.29) is 81.0 Å². The van der Waals surface area contributed by atoms with Gasteiger partial charge >= 0.3 is 0 Å². The predicted octanol–water partition coefficient (Wildman–Crippen LogP) is 0.270. The Labute approximate surface area is 492 Å². The van der Waals surface area contributed by atoms with Gasteiger partial charge in [0.05, 0.1) is 12.6 Å². The van der Waals surface area contributed by atoms with Crippen molar-refractivity contribution in [2.75, 3.05) is 29.9 Å². The number of benzene rings is 4. The average Bonchev–Trinajstić information content (AvgIpc) is 3.52. The van der Waals surface area contributed by atoms with Gasteiger partial charge in [-0.1, -0.05) is 81.7 Å². The number of phenols is 2. The number of amides is 10. The Morgan fingerprint density at radius 1 is 0.663 bits per heavy atom. The highest BCUT2D eigenvalue weighted by molar-refractivity contribution is 8.76. The summed E-state index contributed by atoms with van der Waals surface area (Å²) in [6.45, 7) is 2.37. The number of halogens is 1. The van der Waals surface area contributed by atoms with Crippen molar-refractivity contribution in [1.29, 1.82) is 0 Å². The maximum Gasteiger partial charge on any atom is 0.245 e. The number of nitrogens with one attached hydrogen (secondary N) is 9. The first kappa shape index (κ1) is 65.9. The van der Waals surface area contributed by atoms with Crippen molar-refractivity contribution in [3.63, 3.8) is 0 Å². The minimum absolute atomic E-state index is 0.0517. The summed E-state index contributed by atoms with van der Waals surface area (Å²) >= 11 is 6.07. The van der Waals surface area contributed by atoms with Crippen LogP contribution >= 0.6 is 33.2 Å². The Morgan fingerprint density at radius 3 is 1.76 bits per heavy atom. The number of aromatic hydroxyl groups is 2. The van der Waals surface area contributed by atoms with E-state index in [9.17, 15) is 63.3 Å². The Hall–Kier alpha value is -7.91. The topological polar surface area (TPSA) is 392 Å². The number of primary amides is 1. The lowest BCUT2D eigenvalue weighted by Gasteiger charge is -2.29. The second kappa shape index (κ2) is 33.3. The number of phenolic OH excluding ortho intramolecular Hbond substituents is 2. The Bertz CT molecular complexity index is 2890. The quantitative estimate of drug-likeness (QED) is 0.0393. The average molecular weight is 1200 g/mol. The number of aryl methyl sites for hydroxylation is 1. The van der Waals surface area contributed by atoms with Gasteiger partial charge in [-0.25, -0.2) is 0 Å². The number of aliphatic hydroxyl groups is 1. The second-order valence-corrected chi connectivity index (χ2v) is 22.6. The molecular weight excluding hydrogens is 1130 g/mol. The van der Waals surface area contributed by atoms with Crippen molar-refractivity contribution in [3.8, 4) is 11.5 Å². The van der Waals surface area contributed by atoms with Gasteiger partial charge in [0.2, 0.25) is 59.1 Å². The van der Waals surface area contributed by atoms with Gasteiger partial charge < -0.3 is 74.6 Å². The molecule has 0 spiro atoms. The fourth-order valence-corrected chi connectivity index (χ4v) is 10.7. The standard InChI is InChI=1S/C56H70ClN11O13S2/c1-31(69)49-56(81)67-46(55(80)64-42(50(59)75)25-35-10-19-39(71)20-11-35)30-83-82-29-45(62-47(73)23-14-33-6-15-37(57)16-7-33)54(79)66-44(27-36-12-21-40(72)22-13-36)53(78)65-43(52(77)63-41(51(76)68-49)5-3-4-24-58)26-34-8-17-38(18-9-34)61-48(74)28-60-32(2)70/h6-13,15-22,31,41-46,49,69,71-72H,3-5,14,23-30,58H2,1-2H3,(H2,59,75)(H,60,70)(H,61,74)(H,62,73)(H,63,77)(H,64,80)(H,65,78)(H,66,79)(H,67,81)(H,68,76)/t31-,41+,42-,43-,44+,45-,46+,49+/m1/s1. The molecule has 0 bridgehead atoms. The van der Waals surface area contributed by atoms with E-state index in [1.165, 1.54) is 74.5 Å². The molecule has 1 saturated heterocycles. The van der Waals surface area contributed by atoms with Crippen molar-refractivity contribution in [2.24, 2.45) is 11.5 Å². The van der Waals surface area contributed by atoms with Gasteiger partial charge in [0.15, 0.2) is 0 Å². The van der Waals surface area contributed by atoms with Gasteiger partial charge in [-0.2, -0.15) is 0 Å². The van der Waals surface area contributed by atoms with Crippen LogP contribution in [0.1, 0.15) is 61.8 Å². The zero-order chi connectivity index (χ0) is 60.6. The summed E-state index contributed by atoms with van der Waals surface area (Å²) in [4.78, 5) is 137. The molecule has 8 atom stereocenters. The van der Waals surface area contributed by atoms with Crippen LogP contribution in [0.2, 0.25) is 5.02 Å². The molecule has 27 heteroatoms. The molecule has 1 aliphatic rings. The largest absolute Gasteiger partial charge is 0.508 e.